The number of hydrogen-bond donors (Lipinski definition) is 2. The van der Waals surface area contributed by atoms with Gasteiger partial charge in [0, 0.05) is 16.0 Å². The van der Waals surface area contributed by atoms with Crippen LogP contribution in [0.2, 0.25) is 10.0 Å². The first-order chi connectivity index (χ1) is 16.6. The van der Waals surface area contributed by atoms with E-state index in [4.69, 9.17) is 23.2 Å². The van der Waals surface area contributed by atoms with E-state index in [1.54, 1.807) is 48.5 Å². The predicted octanol–water partition coefficient (Wildman–Crippen LogP) is 6.62. The molecular formula is C26H28Cl2F3NO4. The predicted molar refractivity (Wildman–Crippen MR) is 131 cm³/mol. The normalized spacial score (nSPS) is 25.4. The van der Waals surface area contributed by atoms with Crippen molar-refractivity contribution in [2.24, 2.45) is 5.41 Å². The molecule has 0 bridgehead atoms. The minimum absolute atomic E-state index is 0.0485. The Kier molecular flexibility index (Phi) is 8.04. The Morgan fingerprint density at radius 3 is 2.25 bits per heavy atom. The lowest BCUT2D eigenvalue weighted by Crippen LogP contribution is -2.65. The quantitative estimate of drug-likeness (QED) is 0.409. The molecule has 2 N–H and O–H groups in total. The van der Waals surface area contributed by atoms with Crippen LogP contribution in [0.3, 0.4) is 0 Å². The van der Waals surface area contributed by atoms with Crippen LogP contribution in [0.4, 0.5) is 13.2 Å². The number of hydrogen-bond acceptors (Lipinski definition) is 3. The SMILES string of the molecule is CC[C@H](N1C(=O)[C@](C)(CC(=O)O)C[C@H](c2cccc(Cl)c2)[C@H]1c1ccc(Cl)cc1)C(C)(O)C(F)(F)F. The van der Waals surface area contributed by atoms with E-state index in [-0.39, 0.29) is 12.8 Å². The van der Waals surface area contributed by atoms with E-state index in [1.807, 2.05) is 0 Å². The molecule has 1 aliphatic rings. The first-order valence-corrected chi connectivity index (χ1v) is 12.2. The van der Waals surface area contributed by atoms with Crippen LogP contribution in [-0.2, 0) is 9.59 Å². The van der Waals surface area contributed by atoms with Gasteiger partial charge in [0.2, 0.25) is 5.91 Å². The van der Waals surface area contributed by atoms with Crippen LogP contribution in [0.15, 0.2) is 48.5 Å². The summed E-state index contributed by atoms with van der Waals surface area (Å²) in [5.74, 6) is -2.64. The fourth-order valence-corrected chi connectivity index (χ4v) is 5.60. The van der Waals surface area contributed by atoms with Crippen molar-refractivity contribution in [1.29, 1.82) is 0 Å². The minimum Gasteiger partial charge on any atom is -0.481 e. The first kappa shape index (κ1) is 28.3. The number of carboxylic acid groups (broad SMARTS) is 1. The highest BCUT2D eigenvalue weighted by atomic mass is 35.5. The van der Waals surface area contributed by atoms with Crippen molar-refractivity contribution in [3.05, 3.63) is 69.7 Å². The van der Waals surface area contributed by atoms with Crippen molar-refractivity contribution < 1.29 is 33.0 Å². The molecule has 1 unspecified atom stereocenters. The van der Waals surface area contributed by atoms with Gasteiger partial charge in [-0.2, -0.15) is 13.2 Å². The Morgan fingerprint density at radius 2 is 1.75 bits per heavy atom. The van der Waals surface area contributed by atoms with Crippen LogP contribution in [-0.4, -0.2) is 44.8 Å². The molecule has 36 heavy (non-hydrogen) atoms. The summed E-state index contributed by atoms with van der Waals surface area (Å²) in [4.78, 5) is 26.8. The summed E-state index contributed by atoms with van der Waals surface area (Å²) in [5.41, 5.74) is -3.65. The number of halogens is 5. The molecule has 3 rings (SSSR count). The van der Waals surface area contributed by atoms with Crippen LogP contribution in [0.5, 0.6) is 0 Å². The van der Waals surface area contributed by atoms with Crippen LogP contribution < -0.4 is 0 Å². The van der Waals surface area contributed by atoms with Crippen molar-refractivity contribution in [2.75, 3.05) is 0 Å². The van der Waals surface area contributed by atoms with Gasteiger partial charge in [-0.05, 0) is 55.2 Å². The maximum absolute atomic E-state index is 14.1. The lowest BCUT2D eigenvalue weighted by atomic mass is 9.66. The largest absolute Gasteiger partial charge is 0.481 e. The molecule has 5 atom stereocenters. The molecule has 1 fully saturated rings. The number of carbonyl (C=O) groups excluding carboxylic acids is 1. The Hall–Kier alpha value is -2.29. The lowest BCUT2D eigenvalue weighted by molar-refractivity contribution is -0.277. The van der Waals surface area contributed by atoms with Gasteiger partial charge in [-0.3, -0.25) is 9.59 Å². The second kappa shape index (κ2) is 10.2. The fourth-order valence-electron chi connectivity index (χ4n) is 5.28. The van der Waals surface area contributed by atoms with Gasteiger partial charge in [-0.1, -0.05) is 61.3 Å². The van der Waals surface area contributed by atoms with Gasteiger partial charge in [-0.15, -0.1) is 0 Å². The van der Waals surface area contributed by atoms with Gasteiger partial charge in [0.25, 0.3) is 0 Å². The summed E-state index contributed by atoms with van der Waals surface area (Å²) < 4.78 is 42.3. The molecule has 1 amide bonds. The molecule has 5 nitrogen and oxygen atoms in total. The second-order valence-corrected chi connectivity index (χ2v) is 10.6. The average molecular weight is 546 g/mol. The Labute approximate surface area is 217 Å². The third kappa shape index (κ3) is 5.36. The smallest absolute Gasteiger partial charge is 0.418 e. The maximum Gasteiger partial charge on any atom is 0.418 e. The molecule has 196 valence electrons. The Balaban J connectivity index is 2.33. The summed E-state index contributed by atoms with van der Waals surface area (Å²) in [6.45, 7) is 3.54. The molecule has 1 heterocycles. The molecule has 0 aliphatic carbocycles. The zero-order valence-corrected chi connectivity index (χ0v) is 21.5. The van der Waals surface area contributed by atoms with Crippen LogP contribution in [0.25, 0.3) is 0 Å². The number of carbonyl (C=O) groups is 2. The molecule has 0 radical (unpaired) electrons. The number of nitrogens with zero attached hydrogens (tertiary/aromatic N) is 1. The Bertz CT molecular complexity index is 1120. The number of aliphatic carboxylic acids is 1. The molecule has 1 saturated heterocycles. The minimum atomic E-state index is -5.05. The zero-order valence-electron chi connectivity index (χ0n) is 20.0. The van der Waals surface area contributed by atoms with Crippen LogP contribution >= 0.6 is 23.2 Å². The zero-order chi connectivity index (χ0) is 27.1. The van der Waals surface area contributed by atoms with E-state index in [1.165, 1.54) is 13.8 Å². The second-order valence-electron chi connectivity index (χ2n) is 9.77. The van der Waals surface area contributed by atoms with Gasteiger partial charge in [-0.25, -0.2) is 0 Å². The standard InChI is InChI=1S/C26H28Cl2F3NO4/c1-4-20(25(3,36)26(29,30)31)32-22(15-8-10-17(27)11-9-15)19(16-6-5-7-18(28)12-16)13-24(2,23(32)35)14-21(33)34/h5-12,19-20,22,36H,4,13-14H2,1-3H3,(H,33,34)/t19-,20+,22-,24+,25?/m1/s1. The van der Waals surface area contributed by atoms with E-state index in [0.717, 1.165) is 4.90 Å². The third-order valence-corrected chi connectivity index (χ3v) is 7.56. The number of likely N-dealkylation sites (tertiary alicyclic amines) is 1. The van der Waals surface area contributed by atoms with Gasteiger partial charge in [0.1, 0.15) is 0 Å². The summed E-state index contributed by atoms with van der Waals surface area (Å²) in [7, 11) is 0. The molecule has 2 aromatic carbocycles. The lowest BCUT2D eigenvalue weighted by Gasteiger charge is -2.54. The van der Waals surface area contributed by atoms with E-state index in [9.17, 15) is 33.0 Å². The summed E-state index contributed by atoms with van der Waals surface area (Å²) in [5, 5.41) is 21.2. The highest BCUT2D eigenvalue weighted by molar-refractivity contribution is 6.30. The topological polar surface area (TPSA) is 77.8 Å². The summed E-state index contributed by atoms with van der Waals surface area (Å²) in [6, 6.07) is 10.5. The van der Waals surface area contributed by atoms with Crippen molar-refractivity contribution in [3.63, 3.8) is 0 Å². The molecule has 10 heteroatoms. The number of piperidine rings is 1. The number of rotatable bonds is 7. The van der Waals surface area contributed by atoms with Crippen LogP contribution in [0, 0.1) is 5.41 Å². The van der Waals surface area contributed by atoms with Crippen molar-refractivity contribution in [2.45, 2.75) is 69.8 Å². The third-order valence-electron chi connectivity index (χ3n) is 7.08. The highest BCUT2D eigenvalue weighted by Crippen LogP contribution is 2.54. The van der Waals surface area contributed by atoms with E-state index in [0.29, 0.717) is 28.1 Å². The van der Waals surface area contributed by atoms with E-state index < -0.39 is 53.5 Å². The number of amides is 1. The number of benzene rings is 2. The summed E-state index contributed by atoms with van der Waals surface area (Å²) >= 11 is 12.3. The molecule has 2 aromatic rings. The van der Waals surface area contributed by atoms with Gasteiger partial charge >= 0.3 is 12.1 Å². The first-order valence-electron chi connectivity index (χ1n) is 11.5. The van der Waals surface area contributed by atoms with Gasteiger partial charge in [0.05, 0.1) is 23.9 Å². The van der Waals surface area contributed by atoms with E-state index >= 15 is 0 Å². The number of alkyl halides is 3. The number of aliphatic hydroxyl groups is 1. The highest BCUT2D eigenvalue weighted by Gasteiger charge is 2.61. The molecule has 0 spiro atoms. The van der Waals surface area contributed by atoms with Crippen LogP contribution in [0.1, 0.15) is 63.1 Å². The molecule has 0 saturated carbocycles. The van der Waals surface area contributed by atoms with Crippen molar-refractivity contribution in [3.8, 4) is 0 Å². The number of carboxylic acids is 1. The van der Waals surface area contributed by atoms with Crippen molar-refractivity contribution >= 4 is 35.1 Å². The maximum atomic E-state index is 14.1. The van der Waals surface area contributed by atoms with E-state index in [2.05, 4.69) is 0 Å². The summed E-state index contributed by atoms with van der Waals surface area (Å²) in [6.07, 6.45) is -5.82. The fraction of sp³-hybridized carbons (Fsp3) is 0.462. The molecule has 0 aromatic heterocycles. The molecular weight excluding hydrogens is 518 g/mol. The van der Waals surface area contributed by atoms with Gasteiger partial charge in [0.15, 0.2) is 5.60 Å². The molecule has 1 aliphatic heterocycles. The van der Waals surface area contributed by atoms with Gasteiger partial charge < -0.3 is 15.1 Å². The monoisotopic (exact) mass is 545 g/mol. The Morgan fingerprint density at radius 1 is 1.14 bits per heavy atom. The van der Waals surface area contributed by atoms with Crippen molar-refractivity contribution in [1.82, 2.24) is 4.90 Å². The average Bonchev–Trinajstić information content (AvgIpc) is 2.76.